The van der Waals surface area contributed by atoms with E-state index in [4.69, 9.17) is 0 Å². The van der Waals surface area contributed by atoms with Crippen molar-refractivity contribution in [2.75, 3.05) is 5.32 Å². The molecule has 0 unspecified atom stereocenters. The molecule has 1 N–H and O–H groups in total. The Labute approximate surface area is 157 Å². The number of benzene rings is 2. The molecule has 0 aliphatic rings. The molecule has 0 radical (unpaired) electrons. The van der Waals surface area contributed by atoms with Gasteiger partial charge < -0.3 is 10.1 Å². The first kappa shape index (κ1) is 19.2. The van der Waals surface area contributed by atoms with Gasteiger partial charge in [-0.2, -0.15) is 5.10 Å². The second-order valence-electron chi connectivity index (χ2n) is 5.70. The van der Waals surface area contributed by atoms with E-state index in [1.165, 1.54) is 30.3 Å². The molecule has 0 saturated heterocycles. The van der Waals surface area contributed by atoms with Crippen LogP contribution in [0.15, 0.2) is 71.5 Å². The monoisotopic (exact) mass is 389 g/mol. The Hall–Kier alpha value is -3.62. The average molecular weight is 389 g/mol. The van der Waals surface area contributed by atoms with Crippen molar-refractivity contribution < 1.29 is 22.7 Å². The predicted octanol–water partition coefficient (Wildman–Crippen LogP) is 3.44. The summed E-state index contributed by atoms with van der Waals surface area (Å²) in [6.45, 7) is 0.147. The van der Waals surface area contributed by atoms with Gasteiger partial charge in [0.05, 0.1) is 12.2 Å². The third-order valence-corrected chi connectivity index (χ3v) is 3.64. The molecule has 28 heavy (non-hydrogen) atoms. The van der Waals surface area contributed by atoms with E-state index in [2.05, 4.69) is 15.2 Å². The molecule has 0 bridgehead atoms. The molecule has 0 spiro atoms. The van der Waals surface area contributed by atoms with Gasteiger partial charge in [0, 0.05) is 6.07 Å². The van der Waals surface area contributed by atoms with Crippen LogP contribution in [-0.2, 0) is 6.54 Å². The van der Waals surface area contributed by atoms with Crippen LogP contribution in [0.4, 0.5) is 18.9 Å². The van der Waals surface area contributed by atoms with Crippen molar-refractivity contribution >= 4 is 11.6 Å². The smallest absolute Gasteiger partial charge is 0.404 e. The molecular weight excluding hydrogens is 375 g/mol. The summed E-state index contributed by atoms with van der Waals surface area (Å²) in [5.74, 6) is -1.33. The van der Waals surface area contributed by atoms with Crippen LogP contribution in [0.1, 0.15) is 16.1 Å². The zero-order valence-electron chi connectivity index (χ0n) is 14.3. The Morgan fingerprint density at radius 3 is 2.39 bits per heavy atom. The normalized spacial score (nSPS) is 11.1. The molecule has 9 heteroatoms. The van der Waals surface area contributed by atoms with Crippen molar-refractivity contribution in [2.45, 2.75) is 12.9 Å². The summed E-state index contributed by atoms with van der Waals surface area (Å²) >= 11 is 0. The van der Waals surface area contributed by atoms with E-state index in [0.29, 0.717) is 0 Å². The minimum absolute atomic E-state index is 0.127. The van der Waals surface area contributed by atoms with E-state index in [9.17, 15) is 22.8 Å². The summed E-state index contributed by atoms with van der Waals surface area (Å²) in [6, 6.07) is 16.5. The number of amides is 1. The van der Waals surface area contributed by atoms with Crippen molar-refractivity contribution in [3.05, 3.63) is 88.3 Å². The van der Waals surface area contributed by atoms with E-state index in [1.807, 2.05) is 6.07 Å². The third-order valence-electron chi connectivity index (χ3n) is 3.64. The number of nitrogens with one attached hydrogen (secondary N) is 1. The Kier molecular flexibility index (Phi) is 5.44. The lowest BCUT2D eigenvalue weighted by molar-refractivity contribution is -0.274. The Morgan fingerprint density at radius 2 is 1.68 bits per heavy atom. The highest BCUT2D eigenvalue weighted by Gasteiger charge is 2.32. The number of nitrogens with zero attached hydrogens (tertiary/aromatic N) is 2. The molecule has 0 atom stereocenters. The summed E-state index contributed by atoms with van der Waals surface area (Å²) in [4.78, 5) is 24.4. The van der Waals surface area contributed by atoms with Gasteiger partial charge in [0.15, 0.2) is 5.75 Å². The summed E-state index contributed by atoms with van der Waals surface area (Å²) < 4.78 is 42.5. The number of alkyl halides is 3. The molecule has 1 aromatic heterocycles. The number of hydrogen-bond donors (Lipinski definition) is 1. The van der Waals surface area contributed by atoms with Crippen molar-refractivity contribution in [2.24, 2.45) is 0 Å². The van der Waals surface area contributed by atoms with Crippen molar-refractivity contribution in [3.63, 3.8) is 0 Å². The van der Waals surface area contributed by atoms with Gasteiger partial charge >= 0.3 is 6.36 Å². The van der Waals surface area contributed by atoms with Crippen molar-refractivity contribution in [3.8, 4) is 5.75 Å². The molecule has 1 heterocycles. The second-order valence-corrected chi connectivity index (χ2v) is 5.70. The molecular formula is C19H14F3N3O3. The van der Waals surface area contributed by atoms with Gasteiger partial charge in [-0.05, 0) is 23.8 Å². The van der Waals surface area contributed by atoms with Crippen LogP contribution in [0, 0.1) is 0 Å². The highest BCUT2D eigenvalue weighted by atomic mass is 19.4. The first-order valence-corrected chi connectivity index (χ1v) is 8.10. The van der Waals surface area contributed by atoms with Crippen LogP contribution in [0.2, 0.25) is 0 Å². The van der Waals surface area contributed by atoms with Crippen LogP contribution in [0.5, 0.6) is 5.75 Å². The maximum Gasteiger partial charge on any atom is 0.573 e. The zero-order chi connectivity index (χ0) is 20.1. The Bertz CT molecular complexity index is 1030. The van der Waals surface area contributed by atoms with Crippen molar-refractivity contribution in [1.29, 1.82) is 0 Å². The standard InChI is InChI=1S/C19H14F3N3O3/c20-19(21,22)28-16-9-5-4-8-14(16)23-18(27)15-10-11-17(26)25(24-15)12-13-6-2-1-3-7-13/h1-11H,12H2,(H,23,27). The van der Waals surface area contributed by atoms with Crippen molar-refractivity contribution in [1.82, 2.24) is 9.78 Å². The van der Waals surface area contributed by atoms with Crippen LogP contribution >= 0.6 is 0 Å². The molecule has 0 aliphatic heterocycles. The van der Waals surface area contributed by atoms with E-state index in [0.717, 1.165) is 16.3 Å². The van der Waals surface area contributed by atoms with Crippen LogP contribution in [0.25, 0.3) is 0 Å². The topological polar surface area (TPSA) is 73.2 Å². The minimum Gasteiger partial charge on any atom is -0.404 e. The van der Waals surface area contributed by atoms with E-state index >= 15 is 0 Å². The molecule has 0 aliphatic carbocycles. The second kappa shape index (κ2) is 7.95. The van der Waals surface area contributed by atoms with Crippen LogP contribution in [-0.4, -0.2) is 22.1 Å². The fourth-order valence-electron chi connectivity index (χ4n) is 2.41. The third kappa shape index (κ3) is 4.97. The van der Waals surface area contributed by atoms with Gasteiger partial charge in [-0.25, -0.2) is 4.68 Å². The average Bonchev–Trinajstić information content (AvgIpc) is 2.65. The molecule has 1 amide bonds. The molecule has 3 rings (SSSR count). The maximum absolute atomic E-state index is 12.5. The van der Waals surface area contributed by atoms with Gasteiger partial charge in [-0.15, -0.1) is 13.2 Å². The van der Waals surface area contributed by atoms with Gasteiger partial charge in [-0.1, -0.05) is 42.5 Å². The Balaban J connectivity index is 1.82. The summed E-state index contributed by atoms with van der Waals surface area (Å²) in [6.07, 6.45) is -4.90. The first-order valence-electron chi connectivity index (χ1n) is 8.10. The van der Waals surface area contributed by atoms with E-state index in [1.54, 1.807) is 24.3 Å². The molecule has 6 nitrogen and oxygen atoms in total. The fraction of sp³-hybridized carbons (Fsp3) is 0.105. The zero-order valence-corrected chi connectivity index (χ0v) is 14.3. The number of rotatable bonds is 5. The van der Waals surface area contributed by atoms with Gasteiger partial charge in [0.1, 0.15) is 5.69 Å². The number of halogens is 3. The number of hydrogen-bond acceptors (Lipinski definition) is 4. The number of carbonyl (C=O) groups excluding carboxylic acids is 1. The molecule has 0 fully saturated rings. The lowest BCUT2D eigenvalue weighted by atomic mass is 10.2. The first-order chi connectivity index (χ1) is 13.3. The molecule has 0 saturated carbocycles. The minimum atomic E-state index is -4.90. The van der Waals surface area contributed by atoms with Crippen LogP contribution in [0.3, 0.4) is 0 Å². The lowest BCUT2D eigenvalue weighted by Gasteiger charge is -2.14. The highest BCUT2D eigenvalue weighted by Crippen LogP contribution is 2.30. The number of aromatic nitrogens is 2. The van der Waals surface area contributed by atoms with Crippen LogP contribution < -0.4 is 15.6 Å². The van der Waals surface area contributed by atoms with Gasteiger partial charge in [0.25, 0.3) is 11.5 Å². The maximum atomic E-state index is 12.5. The quantitative estimate of drug-likeness (QED) is 0.726. The van der Waals surface area contributed by atoms with E-state index in [-0.39, 0.29) is 17.9 Å². The number of carbonyl (C=O) groups is 1. The number of ether oxygens (including phenoxy) is 1. The highest BCUT2D eigenvalue weighted by molar-refractivity contribution is 6.03. The number of para-hydroxylation sites is 2. The molecule has 3 aromatic rings. The predicted molar refractivity (Wildman–Crippen MR) is 95.1 cm³/mol. The van der Waals surface area contributed by atoms with Gasteiger partial charge in [-0.3, -0.25) is 9.59 Å². The SMILES string of the molecule is O=C(Nc1ccccc1OC(F)(F)F)c1ccc(=O)n(Cc2ccccc2)n1. The van der Waals surface area contributed by atoms with E-state index < -0.39 is 23.6 Å². The summed E-state index contributed by atoms with van der Waals surface area (Å²) in [5, 5.41) is 6.32. The summed E-state index contributed by atoms with van der Waals surface area (Å²) in [5.41, 5.74) is 0.0876. The fourth-order valence-corrected chi connectivity index (χ4v) is 2.41. The summed E-state index contributed by atoms with van der Waals surface area (Å²) in [7, 11) is 0. The Morgan fingerprint density at radius 1 is 1.00 bits per heavy atom. The lowest BCUT2D eigenvalue weighted by Crippen LogP contribution is -2.26. The largest absolute Gasteiger partial charge is 0.573 e. The molecule has 2 aromatic carbocycles. The molecule has 144 valence electrons. The number of anilines is 1. The van der Waals surface area contributed by atoms with Gasteiger partial charge in [0.2, 0.25) is 0 Å².